The zero-order valence-electron chi connectivity index (χ0n) is 12.3. The molecule has 0 saturated carbocycles. The molecule has 0 spiro atoms. The third-order valence-electron chi connectivity index (χ3n) is 3.79. The molecule has 1 aromatic carbocycles. The van der Waals surface area contributed by atoms with E-state index in [-0.39, 0.29) is 5.41 Å². The Morgan fingerprint density at radius 2 is 2.05 bits per heavy atom. The molecule has 2 aromatic rings. The van der Waals surface area contributed by atoms with Crippen LogP contribution in [0, 0.1) is 0 Å². The normalized spacial score (nSPS) is 15.9. The quantitative estimate of drug-likeness (QED) is 0.920. The average molecular weight is 271 g/mol. The molecule has 0 radical (unpaired) electrons. The third kappa shape index (κ3) is 2.34. The van der Waals surface area contributed by atoms with Crippen LogP contribution in [0.4, 0.5) is 0 Å². The second-order valence-corrected chi connectivity index (χ2v) is 5.93. The minimum atomic E-state index is 0.0739. The lowest BCUT2D eigenvalue weighted by atomic mass is 9.86. The summed E-state index contributed by atoms with van der Waals surface area (Å²) in [5, 5.41) is 3.27. The van der Waals surface area contributed by atoms with Gasteiger partial charge < -0.3 is 14.5 Å². The van der Waals surface area contributed by atoms with Crippen LogP contribution in [0.3, 0.4) is 0 Å². The van der Waals surface area contributed by atoms with Crippen molar-refractivity contribution in [3.05, 3.63) is 41.7 Å². The summed E-state index contributed by atoms with van der Waals surface area (Å²) >= 11 is 0. The van der Waals surface area contributed by atoms with Crippen molar-refractivity contribution < 1.29 is 9.15 Å². The fourth-order valence-corrected chi connectivity index (χ4v) is 2.55. The molecule has 0 amide bonds. The average Bonchev–Trinajstić information content (AvgIpc) is 3.02. The fraction of sp³-hybridized carbons (Fsp3) is 0.412. The van der Waals surface area contributed by atoms with E-state index in [0.717, 1.165) is 42.5 Å². The van der Waals surface area contributed by atoms with Crippen molar-refractivity contribution in [1.29, 1.82) is 0 Å². The Hall–Kier alpha value is -1.74. The molecule has 3 nitrogen and oxygen atoms in total. The summed E-state index contributed by atoms with van der Waals surface area (Å²) in [7, 11) is 0. The van der Waals surface area contributed by atoms with Gasteiger partial charge in [-0.3, -0.25) is 0 Å². The van der Waals surface area contributed by atoms with Crippen LogP contribution in [0.2, 0.25) is 0 Å². The SMILES string of the molecule is CCNCc1ccc(-c2ccc3c(c2)C(C)(C)CO3)o1. The Kier molecular flexibility index (Phi) is 3.30. The summed E-state index contributed by atoms with van der Waals surface area (Å²) in [6.07, 6.45) is 0. The lowest BCUT2D eigenvalue weighted by Crippen LogP contribution is -2.18. The molecular weight excluding hydrogens is 250 g/mol. The second kappa shape index (κ2) is 4.98. The summed E-state index contributed by atoms with van der Waals surface area (Å²) < 4.78 is 11.6. The molecule has 0 unspecified atom stereocenters. The first-order chi connectivity index (χ1) is 9.60. The summed E-state index contributed by atoms with van der Waals surface area (Å²) in [4.78, 5) is 0. The highest BCUT2D eigenvalue weighted by Crippen LogP contribution is 2.40. The molecule has 0 atom stereocenters. The Morgan fingerprint density at radius 1 is 1.20 bits per heavy atom. The molecule has 1 aromatic heterocycles. The number of benzene rings is 1. The molecule has 1 aliphatic rings. The van der Waals surface area contributed by atoms with Crippen molar-refractivity contribution in [3.63, 3.8) is 0 Å². The predicted molar refractivity (Wildman–Crippen MR) is 80.0 cm³/mol. The van der Waals surface area contributed by atoms with Crippen LogP contribution >= 0.6 is 0 Å². The maximum absolute atomic E-state index is 5.90. The van der Waals surface area contributed by atoms with Gasteiger partial charge in [0.25, 0.3) is 0 Å². The first kappa shape index (κ1) is 13.3. The molecule has 0 saturated heterocycles. The number of hydrogen-bond acceptors (Lipinski definition) is 3. The molecule has 20 heavy (non-hydrogen) atoms. The van der Waals surface area contributed by atoms with Crippen LogP contribution in [0.5, 0.6) is 5.75 Å². The van der Waals surface area contributed by atoms with Gasteiger partial charge in [-0.15, -0.1) is 0 Å². The van der Waals surface area contributed by atoms with Gasteiger partial charge in [0.1, 0.15) is 17.3 Å². The Labute approximate surface area is 119 Å². The third-order valence-corrected chi connectivity index (χ3v) is 3.79. The molecule has 106 valence electrons. The van der Waals surface area contributed by atoms with Crippen LogP contribution in [0.25, 0.3) is 11.3 Å². The number of hydrogen-bond donors (Lipinski definition) is 1. The largest absolute Gasteiger partial charge is 0.492 e. The van der Waals surface area contributed by atoms with Crippen molar-refractivity contribution in [1.82, 2.24) is 5.32 Å². The first-order valence-corrected chi connectivity index (χ1v) is 7.17. The van der Waals surface area contributed by atoms with E-state index in [1.54, 1.807) is 0 Å². The van der Waals surface area contributed by atoms with Crippen molar-refractivity contribution >= 4 is 0 Å². The van der Waals surface area contributed by atoms with Gasteiger partial charge in [-0.1, -0.05) is 20.8 Å². The number of furan rings is 1. The van der Waals surface area contributed by atoms with E-state index in [9.17, 15) is 0 Å². The Balaban J connectivity index is 1.90. The molecule has 1 N–H and O–H groups in total. The van der Waals surface area contributed by atoms with Crippen LogP contribution < -0.4 is 10.1 Å². The monoisotopic (exact) mass is 271 g/mol. The van der Waals surface area contributed by atoms with Crippen molar-refractivity contribution in [2.45, 2.75) is 32.7 Å². The van der Waals surface area contributed by atoms with Crippen LogP contribution in [-0.2, 0) is 12.0 Å². The predicted octanol–water partition coefficient (Wildman–Crippen LogP) is 3.73. The standard InChI is InChI=1S/C17H21NO2/c1-4-18-10-13-6-8-15(20-13)12-5-7-16-14(9-12)17(2,3)11-19-16/h5-9,18H,4,10-11H2,1-3H3. The summed E-state index contributed by atoms with van der Waals surface area (Å²) in [5.41, 5.74) is 2.45. The van der Waals surface area contributed by atoms with Gasteiger partial charge in [0, 0.05) is 16.5 Å². The van der Waals surface area contributed by atoms with E-state index < -0.39 is 0 Å². The summed E-state index contributed by atoms with van der Waals surface area (Å²) in [6.45, 7) is 8.97. The smallest absolute Gasteiger partial charge is 0.134 e. The van der Waals surface area contributed by atoms with Gasteiger partial charge in [-0.05, 0) is 36.9 Å². The highest BCUT2D eigenvalue weighted by molar-refractivity contribution is 5.62. The number of nitrogens with one attached hydrogen (secondary N) is 1. The van der Waals surface area contributed by atoms with E-state index in [1.165, 1.54) is 5.56 Å². The number of rotatable bonds is 4. The van der Waals surface area contributed by atoms with Gasteiger partial charge in [0.05, 0.1) is 13.2 Å². The second-order valence-electron chi connectivity index (χ2n) is 5.93. The van der Waals surface area contributed by atoms with Crippen LogP contribution in [-0.4, -0.2) is 13.2 Å². The molecule has 1 aliphatic heterocycles. The molecule has 3 rings (SSSR count). The Bertz CT molecular complexity index is 613. The maximum Gasteiger partial charge on any atom is 0.134 e. The minimum absolute atomic E-state index is 0.0739. The van der Waals surface area contributed by atoms with E-state index in [1.807, 2.05) is 18.2 Å². The zero-order chi connectivity index (χ0) is 14.2. The lowest BCUT2D eigenvalue weighted by molar-refractivity contribution is 0.291. The van der Waals surface area contributed by atoms with E-state index in [0.29, 0.717) is 0 Å². The highest BCUT2D eigenvalue weighted by atomic mass is 16.5. The van der Waals surface area contributed by atoms with Crippen molar-refractivity contribution in [2.75, 3.05) is 13.2 Å². The number of fused-ring (bicyclic) bond motifs is 1. The maximum atomic E-state index is 5.90. The Morgan fingerprint density at radius 3 is 2.85 bits per heavy atom. The van der Waals surface area contributed by atoms with Crippen molar-refractivity contribution in [2.24, 2.45) is 0 Å². The van der Waals surface area contributed by atoms with Gasteiger partial charge >= 0.3 is 0 Å². The van der Waals surface area contributed by atoms with Gasteiger partial charge in [0.2, 0.25) is 0 Å². The molecular formula is C17H21NO2. The van der Waals surface area contributed by atoms with Gasteiger partial charge in [-0.25, -0.2) is 0 Å². The first-order valence-electron chi connectivity index (χ1n) is 7.17. The molecule has 3 heteroatoms. The molecule has 2 heterocycles. The highest BCUT2D eigenvalue weighted by Gasteiger charge is 2.32. The molecule has 0 aliphatic carbocycles. The van der Waals surface area contributed by atoms with E-state index in [2.05, 4.69) is 38.2 Å². The van der Waals surface area contributed by atoms with Crippen molar-refractivity contribution in [3.8, 4) is 17.1 Å². The lowest BCUT2D eigenvalue weighted by Gasteiger charge is -2.15. The minimum Gasteiger partial charge on any atom is -0.492 e. The van der Waals surface area contributed by atoms with Gasteiger partial charge in [0.15, 0.2) is 0 Å². The van der Waals surface area contributed by atoms with E-state index >= 15 is 0 Å². The summed E-state index contributed by atoms with van der Waals surface area (Å²) in [6, 6.07) is 10.4. The molecule has 0 fully saturated rings. The van der Waals surface area contributed by atoms with Crippen LogP contribution in [0.15, 0.2) is 34.7 Å². The fourth-order valence-electron chi connectivity index (χ4n) is 2.55. The van der Waals surface area contributed by atoms with Gasteiger partial charge in [-0.2, -0.15) is 0 Å². The number of ether oxygens (including phenoxy) is 1. The molecule has 0 bridgehead atoms. The summed E-state index contributed by atoms with van der Waals surface area (Å²) in [5.74, 6) is 2.89. The van der Waals surface area contributed by atoms with E-state index in [4.69, 9.17) is 9.15 Å². The van der Waals surface area contributed by atoms with Crippen LogP contribution in [0.1, 0.15) is 32.1 Å². The topological polar surface area (TPSA) is 34.4 Å². The zero-order valence-corrected chi connectivity index (χ0v) is 12.3.